The third kappa shape index (κ3) is 6.07. The van der Waals surface area contributed by atoms with E-state index >= 15 is 0 Å². The first kappa shape index (κ1) is 35.2. The fourth-order valence-corrected chi connectivity index (χ4v) is 10.3. The fraction of sp³-hybridized carbons (Fsp3) is 0.0526. The van der Waals surface area contributed by atoms with Crippen molar-refractivity contribution in [2.24, 2.45) is 0 Å². The van der Waals surface area contributed by atoms with E-state index in [-0.39, 0.29) is 5.41 Å². The van der Waals surface area contributed by atoms with Gasteiger partial charge in [0.25, 0.3) is 0 Å². The van der Waals surface area contributed by atoms with Gasteiger partial charge in [-0.1, -0.05) is 166 Å². The SMILES string of the molecule is CC1(C)c2cc(-c3ccc(N(c4ccc(-c5ccccc5)cc4)c4ccc5sc6ccc(-c7ccccc7)cc6c5c4)cc3)ccc2-c2c(-c3ccccc3)cccc21. The van der Waals surface area contributed by atoms with E-state index in [4.69, 9.17) is 0 Å². The van der Waals surface area contributed by atoms with Gasteiger partial charge in [0.15, 0.2) is 0 Å². The molecule has 1 aliphatic carbocycles. The predicted octanol–water partition coefficient (Wildman–Crippen LogP) is 16.5. The van der Waals surface area contributed by atoms with Crippen molar-refractivity contribution in [2.75, 3.05) is 4.90 Å². The van der Waals surface area contributed by atoms with Crippen LogP contribution >= 0.6 is 11.3 Å². The van der Waals surface area contributed by atoms with Crippen molar-refractivity contribution in [3.8, 4) is 55.6 Å². The molecular formula is C57H41NS. The minimum atomic E-state index is -0.111. The lowest BCUT2D eigenvalue weighted by Gasteiger charge is -2.26. The van der Waals surface area contributed by atoms with E-state index in [1.165, 1.54) is 86.9 Å². The molecule has 0 unspecified atom stereocenters. The molecule has 9 aromatic carbocycles. The van der Waals surface area contributed by atoms with Crippen LogP contribution in [0.1, 0.15) is 25.0 Å². The van der Waals surface area contributed by atoms with Gasteiger partial charge in [0.1, 0.15) is 0 Å². The highest BCUT2D eigenvalue weighted by atomic mass is 32.1. The summed E-state index contributed by atoms with van der Waals surface area (Å²) in [6, 6.07) is 78.0. The molecule has 1 nitrogen and oxygen atoms in total. The summed E-state index contributed by atoms with van der Waals surface area (Å²) in [5.74, 6) is 0. The van der Waals surface area contributed by atoms with Crippen molar-refractivity contribution in [3.63, 3.8) is 0 Å². The second-order valence-corrected chi connectivity index (χ2v) is 17.2. The van der Waals surface area contributed by atoms with Crippen LogP contribution in [0.25, 0.3) is 75.8 Å². The van der Waals surface area contributed by atoms with Crippen LogP contribution in [0.4, 0.5) is 17.1 Å². The van der Waals surface area contributed by atoms with Crippen LogP contribution in [-0.2, 0) is 5.41 Å². The zero-order chi connectivity index (χ0) is 39.5. The number of fused-ring (bicyclic) bond motifs is 6. The molecule has 2 heteroatoms. The largest absolute Gasteiger partial charge is 0.310 e. The summed E-state index contributed by atoms with van der Waals surface area (Å²) in [5.41, 5.74) is 18.6. The number of nitrogens with zero attached hydrogens (tertiary/aromatic N) is 1. The maximum Gasteiger partial charge on any atom is 0.0468 e. The zero-order valence-electron chi connectivity index (χ0n) is 33.1. The van der Waals surface area contributed by atoms with Crippen molar-refractivity contribution in [1.29, 1.82) is 0 Å². The minimum absolute atomic E-state index is 0.111. The topological polar surface area (TPSA) is 3.24 Å². The van der Waals surface area contributed by atoms with Crippen molar-refractivity contribution in [1.82, 2.24) is 0 Å². The monoisotopic (exact) mass is 771 g/mol. The molecule has 59 heavy (non-hydrogen) atoms. The van der Waals surface area contributed by atoms with Gasteiger partial charge in [-0.3, -0.25) is 0 Å². The summed E-state index contributed by atoms with van der Waals surface area (Å²) in [7, 11) is 0. The second-order valence-electron chi connectivity index (χ2n) is 16.1. The van der Waals surface area contributed by atoms with E-state index in [1.54, 1.807) is 0 Å². The molecule has 0 amide bonds. The van der Waals surface area contributed by atoms with Gasteiger partial charge >= 0.3 is 0 Å². The lowest BCUT2D eigenvalue weighted by molar-refractivity contribution is 0.660. The van der Waals surface area contributed by atoms with E-state index in [1.807, 2.05) is 11.3 Å². The predicted molar refractivity (Wildman–Crippen MR) is 253 cm³/mol. The smallest absolute Gasteiger partial charge is 0.0468 e. The summed E-state index contributed by atoms with van der Waals surface area (Å²) in [4.78, 5) is 2.40. The molecule has 1 aliphatic rings. The Kier molecular flexibility index (Phi) is 8.43. The first-order valence-corrected chi connectivity index (χ1v) is 21.2. The molecule has 1 aromatic heterocycles. The van der Waals surface area contributed by atoms with E-state index in [9.17, 15) is 0 Å². The van der Waals surface area contributed by atoms with E-state index in [2.05, 4.69) is 231 Å². The Balaban J connectivity index is 0.996. The molecule has 0 spiro atoms. The Morgan fingerprint density at radius 1 is 0.339 bits per heavy atom. The maximum absolute atomic E-state index is 2.43. The first-order chi connectivity index (χ1) is 29.0. The van der Waals surface area contributed by atoms with Crippen LogP contribution in [0.3, 0.4) is 0 Å². The molecule has 0 N–H and O–H groups in total. The fourth-order valence-electron chi connectivity index (χ4n) is 9.22. The van der Waals surface area contributed by atoms with Crippen LogP contribution < -0.4 is 4.90 Å². The van der Waals surface area contributed by atoms with Gasteiger partial charge in [0.05, 0.1) is 0 Å². The van der Waals surface area contributed by atoms with E-state index in [0.29, 0.717) is 0 Å². The average molecular weight is 772 g/mol. The van der Waals surface area contributed by atoms with Crippen LogP contribution in [0.5, 0.6) is 0 Å². The summed E-state index contributed by atoms with van der Waals surface area (Å²) in [6.45, 7) is 4.74. The quantitative estimate of drug-likeness (QED) is 0.156. The Bertz CT molecular complexity index is 3140. The number of hydrogen-bond donors (Lipinski definition) is 0. The first-order valence-electron chi connectivity index (χ1n) is 20.4. The van der Waals surface area contributed by atoms with E-state index in [0.717, 1.165) is 17.1 Å². The molecular weight excluding hydrogens is 731 g/mol. The normalized spacial score (nSPS) is 12.7. The van der Waals surface area contributed by atoms with Gasteiger partial charge in [-0.25, -0.2) is 0 Å². The highest BCUT2D eigenvalue weighted by Gasteiger charge is 2.37. The number of thiophene rings is 1. The molecule has 0 aliphatic heterocycles. The highest BCUT2D eigenvalue weighted by molar-refractivity contribution is 7.25. The summed E-state index contributed by atoms with van der Waals surface area (Å²) in [5, 5.41) is 2.57. The van der Waals surface area contributed by atoms with Gasteiger partial charge in [-0.15, -0.1) is 11.3 Å². The molecule has 280 valence electrons. The average Bonchev–Trinajstić information content (AvgIpc) is 3.78. The minimum Gasteiger partial charge on any atom is -0.310 e. The third-order valence-electron chi connectivity index (χ3n) is 12.3. The lowest BCUT2D eigenvalue weighted by Crippen LogP contribution is -2.15. The van der Waals surface area contributed by atoms with Crippen molar-refractivity contribution in [3.05, 3.63) is 223 Å². The Hall–Kier alpha value is -7.00. The van der Waals surface area contributed by atoms with Gasteiger partial charge in [0, 0.05) is 42.6 Å². The number of anilines is 3. The maximum atomic E-state index is 2.43. The molecule has 10 aromatic rings. The van der Waals surface area contributed by atoms with Crippen molar-refractivity contribution < 1.29 is 0 Å². The molecule has 0 radical (unpaired) electrons. The molecule has 1 heterocycles. The summed E-state index contributed by atoms with van der Waals surface area (Å²) in [6.07, 6.45) is 0. The standard InChI is InChI=1S/C57H41NS/c1-57(2)52-20-12-19-48(42-17-10-5-11-18-42)56(52)49-32-25-44(36-53(49)57)41-23-29-46(30-24-41)58(45-27-21-40(22-28-45)38-13-6-3-7-14-38)47-31-34-55-51(37-47)50-35-43(26-33-54(50)59-55)39-15-8-4-9-16-39/h3-37H,1-2H3. The lowest BCUT2D eigenvalue weighted by atomic mass is 9.81. The van der Waals surface area contributed by atoms with Crippen LogP contribution in [-0.4, -0.2) is 0 Å². The van der Waals surface area contributed by atoms with Crippen molar-refractivity contribution in [2.45, 2.75) is 19.3 Å². The molecule has 0 bridgehead atoms. The molecule has 0 saturated heterocycles. The molecule has 0 saturated carbocycles. The summed E-state index contributed by atoms with van der Waals surface area (Å²) < 4.78 is 2.60. The van der Waals surface area contributed by atoms with Gasteiger partial charge in [-0.05, 0) is 127 Å². The molecule has 0 atom stereocenters. The zero-order valence-corrected chi connectivity index (χ0v) is 33.9. The molecule has 0 fully saturated rings. The number of hydrogen-bond acceptors (Lipinski definition) is 2. The van der Waals surface area contributed by atoms with Crippen molar-refractivity contribution >= 4 is 48.6 Å². The van der Waals surface area contributed by atoms with Crippen LogP contribution in [0.15, 0.2) is 212 Å². The van der Waals surface area contributed by atoms with Crippen LogP contribution in [0.2, 0.25) is 0 Å². The highest BCUT2D eigenvalue weighted by Crippen LogP contribution is 2.53. The Morgan fingerprint density at radius 3 is 1.46 bits per heavy atom. The molecule has 11 rings (SSSR count). The van der Waals surface area contributed by atoms with Gasteiger partial charge in [-0.2, -0.15) is 0 Å². The van der Waals surface area contributed by atoms with Gasteiger partial charge < -0.3 is 4.90 Å². The third-order valence-corrected chi connectivity index (χ3v) is 13.4. The number of rotatable bonds is 7. The Morgan fingerprint density at radius 2 is 0.814 bits per heavy atom. The van der Waals surface area contributed by atoms with Crippen LogP contribution in [0, 0.1) is 0 Å². The summed E-state index contributed by atoms with van der Waals surface area (Å²) >= 11 is 1.86. The second kappa shape index (κ2) is 14.1. The van der Waals surface area contributed by atoms with Gasteiger partial charge in [0.2, 0.25) is 0 Å². The van der Waals surface area contributed by atoms with E-state index < -0.39 is 0 Å². The number of benzene rings is 9. The Labute approximate surface area is 350 Å².